The molecule has 0 heterocycles. The molecule has 0 bridgehead atoms. The topological polar surface area (TPSA) is 49.4 Å². The molecule has 2 aromatic carbocycles. The van der Waals surface area contributed by atoms with E-state index in [4.69, 9.17) is 0 Å². The number of likely N-dealkylation sites (N-methyl/N-ethyl adjacent to an activating group) is 1. The molecule has 0 radical (unpaired) electrons. The zero-order valence-corrected chi connectivity index (χ0v) is 17.3. The zero-order valence-electron chi connectivity index (χ0n) is 14.9. The number of carbonyl (C=O) groups excluding carboxylic acids is 2. The Kier molecular flexibility index (Phi) is 8.19. The monoisotopic (exact) mass is 434 g/mol. The molecule has 0 saturated heterocycles. The predicted molar refractivity (Wildman–Crippen MR) is 110 cm³/mol. The van der Waals surface area contributed by atoms with Gasteiger partial charge in [0.05, 0.1) is 0 Å². The lowest BCUT2D eigenvalue weighted by Crippen LogP contribution is -2.46. The molecule has 4 nitrogen and oxygen atoms in total. The highest BCUT2D eigenvalue weighted by atomic mass is 79.9. The van der Waals surface area contributed by atoms with E-state index < -0.39 is 6.04 Å². The van der Waals surface area contributed by atoms with Gasteiger partial charge in [0.15, 0.2) is 0 Å². The van der Waals surface area contributed by atoms with Crippen molar-refractivity contribution < 1.29 is 9.59 Å². The summed E-state index contributed by atoms with van der Waals surface area (Å²) in [4.78, 5) is 27.7. The molecule has 2 rings (SSSR count). The van der Waals surface area contributed by atoms with Crippen LogP contribution in [0.3, 0.4) is 0 Å². The van der Waals surface area contributed by atoms with Crippen molar-refractivity contribution in [3.63, 3.8) is 0 Å². The van der Waals surface area contributed by atoms with Crippen LogP contribution >= 0.6 is 27.7 Å². The van der Waals surface area contributed by atoms with E-state index >= 15 is 0 Å². The van der Waals surface area contributed by atoms with E-state index in [0.717, 1.165) is 14.9 Å². The van der Waals surface area contributed by atoms with Gasteiger partial charge in [-0.25, -0.2) is 0 Å². The number of benzene rings is 2. The highest BCUT2D eigenvalue weighted by Gasteiger charge is 2.25. The van der Waals surface area contributed by atoms with E-state index in [0.29, 0.717) is 18.7 Å². The van der Waals surface area contributed by atoms with Crippen molar-refractivity contribution in [1.29, 1.82) is 0 Å². The third kappa shape index (κ3) is 6.18. The standard InChI is InChI=1S/C20H23BrN2O2S/c1-15(20(25)22-2)23(14-16-8-10-17(21)11-9-16)19(24)12-13-26-18-6-4-3-5-7-18/h3-11,15H,12-14H2,1-2H3,(H,22,25)/t15-/m0/s1. The number of halogens is 1. The Bertz CT molecular complexity index is 722. The minimum Gasteiger partial charge on any atom is -0.357 e. The molecular weight excluding hydrogens is 412 g/mol. The Morgan fingerprint density at radius 1 is 1.12 bits per heavy atom. The van der Waals surface area contributed by atoms with Crippen LogP contribution in [0.1, 0.15) is 18.9 Å². The zero-order chi connectivity index (χ0) is 18.9. The van der Waals surface area contributed by atoms with Gasteiger partial charge in [-0.3, -0.25) is 9.59 Å². The fraction of sp³-hybridized carbons (Fsp3) is 0.300. The second-order valence-corrected chi connectivity index (χ2v) is 7.93. The lowest BCUT2D eigenvalue weighted by molar-refractivity contribution is -0.140. The molecule has 0 aliphatic carbocycles. The second kappa shape index (κ2) is 10.4. The van der Waals surface area contributed by atoms with Crippen LogP contribution in [0.5, 0.6) is 0 Å². The number of rotatable bonds is 8. The van der Waals surface area contributed by atoms with E-state index in [9.17, 15) is 9.59 Å². The van der Waals surface area contributed by atoms with Gasteiger partial charge < -0.3 is 10.2 Å². The smallest absolute Gasteiger partial charge is 0.242 e. The van der Waals surface area contributed by atoms with Gasteiger partial charge in [0.2, 0.25) is 11.8 Å². The van der Waals surface area contributed by atoms with Crippen LogP contribution in [0.2, 0.25) is 0 Å². The molecule has 0 aliphatic heterocycles. The lowest BCUT2D eigenvalue weighted by atomic mass is 10.1. The molecule has 0 unspecified atom stereocenters. The predicted octanol–water partition coefficient (Wildman–Crippen LogP) is 4.09. The van der Waals surface area contributed by atoms with Crippen LogP contribution in [0.15, 0.2) is 64.0 Å². The summed E-state index contributed by atoms with van der Waals surface area (Å²) < 4.78 is 0.984. The summed E-state index contributed by atoms with van der Waals surface area (Å²) in [7, 11) is 1.59. The molecule has 6 heteroatoms. The van der Waals surface area contributed by atoms with Gasteiger partial charge in [0, 0.05) is 35.1 Å². The average molecular weight is 435 g/mol. The minimum absolute atomic E-state index is 0.0209. The van der Waals surface area contributed by atoms with E-state index in [1.54, 1.807) is 30.6 Å². The molecular formula is C20H23BrN2O2S. The Morgan fingerprint density at radius 3 is 2.38 bits per heavy atom. The van der Waals surface area contributed by atoms with E-state index in [1.165, 1.54) is 0 Å². The summed E-state index contributed by atoms with van der Waals surface area (Å²) in [5.74, 6) is 0.499. The number of carbonyl (C=O) groups is 2. The molecule has 0 saturated carbocycles. The minimum atomic E-state index is -0.516. The van der Waals surface area contributed by atoms with Crippen molar-refractivity contribution in [3.8, 4) is 0 Å². The maximum absolute atomic E-state index is 12.8. The molecule has 0 spiro atoms. The maximum atomic E-state index is 12.8. The number of amides is 2. The summed E-state index contributed by atoms with van der Waals surface area (Å²) in [5.41, 5.74) is 0.994. The van der Waals surface area contributed by atoms with Crippen molar-refractivity contribution in [2.24, 2.45) is 0 Å². The Balaban J connectivity index is 2.02. The molecule has 0 aliphatic rings. The van der Waals surface area contributed by atoms with Crippen molar-refractivity contribution in [2.75, 3.05) is 12.8 Å². The van der Waals surface area contributed by atoms with Crippen molar-refractivity contribution >= 4 is 39.5 Å². The van der Waals surface area contributed by atoms with Crippen molar-refractivity contribution in [1.82, 2.24) is 10.2 Å². The first-order valence-electron chi connectivity index (χ1n) is 8.44. The van der Waals surface area contributed by atoms with Gasteiger partial charge in [0.1, 0.15) is 6.04 Å². The van der Waals surface area contributed by atoms with Gasteiger partial charge in [0.25, 0.3) is 0 Å². The number of hydrogen-bond donors (Lipinski definition) is 1. The Hall–Kier alpha value is -1.79. The Morgan fingerprint density at radius 2 is 1.77 bits per heavy atom. The Labute approximate surface area is 167 Å². The molecule has 2 aromatic rings. The van der Waals surface area contributed by atoms with Gasteiger partial charge in [-0.15, -0.1) is 11.8 Å². The largest absolute Gasteiger partial charge is 0.357 e. The summed E-state index contributed by atoms with van der Waals surface area (Å²) in [6.07, 6.45) is 0.386. The molecule has 138 valence electrons. The first kappa shape index (κ1) is 20.5. The molecule has 2 amide bonds. The van der Waals surface area contributed by atoms with Gasteiger partial charge in [-0.05, 0) is 36.8 Å². The van der Waals surface area contributed by atoms with Gasteiger partial charge in [-0.2, -0.15) is 0 Å². The van der Waals surface area contributed by atoms with Gasteiger partial charge >= 0.3 is 0 Å². The highest BCUT2D eigenvalue weighted by molar-refractivity contribution is 9.10. The molecule has 0 aromatic heterocycles. The third-order valence-electron chi connectivity index (χ3n) is 4.01. The van der Waals surface area contributed by atoms with Crippen LogP contribution in [0, 0.1) is 0 Å². The molecule has 1 atom stereocenters. The number of nitrogens with one attached hydrogen (secondary N) is 1. The number of hydrogen-bond acceptors (Lipinski definition) is 3. The van der Waals surface area contributed by atoms with E-state index in [-0.39, 0.29) is 11.8 Å². The average Bonchev–Trinajstić information content (AvgIpc) is 2.67. The van der Waals surface area contributed by atoms with Crippen LogP contribution in [-0.4, -0.2) is 35.6 Å². The highest BCUT2D eigenvalue weighted by Crippen LogP contribution is 2.20. The quantitative estimate of drug-likeness (QED) is 0.636. The SMILES string of the molecule is CNC(=O)[C@H](C)N(Cc1ccc(Br)cc1)C(=O)CCSc1ccccc1. The number of nitrogens with zero attached hydrogens (tertiary/aromatic N) is 1. The van der Waals surface area contributed by atoms with Crippen LogP contribution < -0.4 is 5.32 Å². The number of thioether (sulfide) groups is 1. The first-order chi connectivity index (χ1) is 12.5. The van der Waals surface area contributed by atoms with E-state index in [1.807, 2.05) is 54.6 Å². The lowest BCUT2D eigenvalue weighted by Gasteiger charge is -2.28. The van der Waals surface area contributed by atoms with Crippen LogP contribution in [0.4, 0.5) is 0 Å². The first-order valence-corrected chi connectivity index (χ1v) is 10.2. The maximum Gasteiger partial charge on any atom is 0.242 e. The fourth-order valence-corrected chi connectivity index (χ4v) is 3.62. The van der Waals surface area contributed by atoms with E-state index in [2.05, 4.69) is 21.2 Å². The van der Waals surface area contributed by atoms with Crippen LogP contribution in [0.25, 0.3) is 0 Å². The normalized spacial score (nSPS) is 11.7. The molecule has 1 N–H and O–H groups in total. The van der Waals surface area contributed by atoms with Crippen LogP contribution in [-0.2, 0) is 16.1 Å². The summed E-state index contributed by atoms with van der Waals surface area (Å²) in [6, 6.07) is 17.3. The van der Waals surface area contributed by atoms with Crippen molar-refractivity contribution in [3.05, 3.63) is 64.6 Å². The summed E-state index contributed by atoms with van der Waals surface area (Å²) in [6.45, 7) is 2.18. The summed E-state index contributed by atoms with van der Waals surface area (Å²) >= 11 is 5.06. The van der Waals surface area contributed by atoms with Gasteiger partial charge in [-0.1, -0.05) is 46.3 Å². The van der Waals surface area contributed by atoms with Crippen molar-refractivity contribution in [2.45, 2.75) is 30.8 Å². The molecule has 26 heavy (non-hydrogen) atoms. The third-order valence-corrected chi connectivity index (χ3v) is 5.55. The molecule has 0 fully saturated rings. The second-order valence-electron chi connectivity index (χ2n) is 5.85. The summed E-state index contributed by atoms with van der Waals surface area (Å²) in [5, 5.41) is 2.63. The fourth-order valence-electron chi connectivity index (χ4n) is 2.49.